The van der Waals surface area contributed by atoms with Gasteiger partial charge in [0.2, 0.25) is 0 Å². The van der Waals surface area contributed by atoms with Gasteiger partial charge in [-0.15, -0.1) is 11.8 Å². The van der Waals surface area contributed by atoms with Gasteiger partial charge in [-0.1, -0.05) is 11.6 Å². The average Bonchev–Trinajstić information content (AvgIpc) is 2.86. The SMILES string of the molecule is CN(C)CCC(CSc1ccc(F)cc1F)Nc1c(Cl)cc(SNC(=O)C2(C)CCCCO2)cc1C#N. The normalized spacial score (nSPS) is 18.3. The number of rotatable bonds is 11. The molecule has 0 radical (unpaired) electrons. The van der Waals surface area contributed by atoms with Gasteiger partial charge in [0.05, 0.1) is 16.3 Å². The molecule has 1 aliphatic rings. The van der Waals surface area contributed by atoms with Gasteiger partial charge in [0.15, 0.2) is 0 Å². The van der Waals surface area contributed by atoms with E-state index in [-0.39, 0.29) is 11.9 Å². The number of hydrogen-bond donors (Lipinski definition) is 2. The summed E-state index contributed by atoms with van der Waals surface area (Å²) in [5.74, 6) is -0.974. The van der Waals surface area contributed by atoms with Crippen LogP contribution >= 0.6 is 35.3 Å². The van der Waals surface area contributed by atoms with Crippen molar-refractivity contribution in [3.8, 4) is 6.07 Å². The Bertz CT molecular complexity index is 1140. The van der Waals surface area contributed by atoms with Gasteiger partial charge in [-0.2, -0.15) is 5.26 Å². The molecular formula is C26H31ClF2N4O2S2. The molecule has 1 amide bonds. The Hall–Kier alpha value is -2.03. The molecule has 2 aromatic rings. The second kappa shape index (κ2) is 13.7. The fourth-order valence-corrected chi connectivity index (χ4v) is 5.91. The van der Waals surface area contributed by atoms with Gasteiger partial charge < -0.3 is 15.0 Å². The van der Waals surface area contributed by atoms with E-state index >= 15 is 0 Å². The summed E-state index contributed by atoms with van der Waals surface area (Å²) < 4.78 is 35.9. The highest BCUT2D eigenvalue weighted by atomic mass is 35.5. The third-order valence-corrected chi connectivity index (χ3v) is 8.27. The van der Waals surface area contributed by atoms with Crippen LogP contribution in [-0.4, -0.2) is 55.4 Å². The molecular weight excluding hydrogens is 538 g/mol. The Labute approximate surface area is 230 Å². The van der Waals surface area contributed by atoms with Crippen LogP contribution in [0, 0.1) is 23.0 Å². The van der Waals surface area contributed by atoms with Crippen LogP contribution in [0.15, 0.2) is 40.1 Å². The molecule has 2 aromatic carbocycles. The Morgan fingerprint density at radius 2 is 2.08 bits per heavy atom. The van der Waals surface area contributed by atoms with Gasteiger partial charge in [0.1, 0.15) is 23.3 Å². The Balaban J connectivity index is 1.72. The monoisotopic (exact) mass is 568 g/mol. The molecule has 2 N–H and O–H groups in total. The molecule has 1 heterocycles. The minimum Gasteiger partial charge on any atom is -0.379 e. The van der Waals surface area contributed by atoms with E-state index < -0.39 is 17.2 Å². The lowest BCUT2D eigenvalue weighted by Gasteiger charge is -2.32. The number of nitrogens with zero attached hydrogens (tertiary/aromatic N) is 2. The summed E-state index contributed by atoms with van der Waals surface area (Å²) in [4.78, 5) is 15.7. The smallest absolute Gasteiger partial charge is 0.262 e. The maximum absolute atomic E-state index is 14.1. The van der Waals surface area contributed by atoms with E-state index in [4.69, 9.17) is 16.3 Å². The molecule has 3 rings (SSSR count). The summed E-state index contributed by atoms with van der Waals surface area (Å²) in [5.41, 5.74) is -0.0563. The summed E-state index contributed by atoms with van der Waals surface area (Å²) >= 11 is 8.95. The molecule has 0 aliphatic carbocycles. The second-order valence-corrected chi connectivity index (χ2v) is 11.7. The minimum atomic E-state index is -0.865. The molecule has 6 nitrogen and oxygen atoms in total. The molecule has 1 aliphatic heterocycles. The number of amides is 1. The van der Waals surface area contributed by atoms with Crippen LogP contribution in [0.5, 0.6) is 0 Å². The lowest BCUT2D eigenvalue weighted by Crippen LogP contribution is -2.46. The van der Waals surface area contributed by atoms with Crippen molar-refractivity contribution < 1.29 is 18.3 Å². The van der Waals surface area contributed by atoms with Crippen LogP contribution in [-0.2, 0) is 9.53 Å². The second-order valence-electron chi connectivity index (χ2n) is 9.33. The van der Waals surface area contributed by atoms with Gasteiger partial charge in [-0.05, 0) is 89.5 Å². The number of carbonyl (C=O) groups is 1. The first-order valence-corrected chi connectivity index (χ1v) is 14.1. The summed E-state index contributed by atoms with van der Waals surface area (Å²) in [6.45, 7) is 3.09. The van der Waals surface area contributed by atoms with Gasteiger partial charge in [0, 0.05) is 34.3 Å². The molecule has 1 fully saturated rings. The first-order chi connectivity index (χ1) is 17.6. The highest BCUT2D eigenvalue weighted by Crippen LogP contribution is 2.34. The largest absolute Gasteiger partial charge is 0.379 e. The van der Waals surface area contributed by atoms with E-state index in [9.17, 15) is 18.8 Å². The number of benzene rings is 2. The van der Waals surface area contributed by atoms with E-state index in [1.807, 2.05) is 19.0 Å². The molecule has 2 unspecified atom stereocenters. The Morgan fingerprint density at radius 3 is 2.73 bits per heavy atom. The molecule has 37 heavy (non-hydrogen) atoms. The first kappa shape index (κ1) is 29.5. The van der Waals surface area contributed by atoms with E-state index in [0.717, 1.165) is 37.4 Å². The number of hydrogen-bond acceptors (Lipinski definition) is 7. The number of halogens is 3. The predicted molar refractivity (Wildman–Crippen MR) is 146 cm³/mol. The van der Waals surface area contributed by atoms with E-state index in [1.54, 1.807) is 19.1 Å². The summed E-state index contributed by atoms with van der Waals surface area (Å²) in [6.07, 6.45) is 3.23. The van der Waals surface area contributed by atoms with Gasteiger partial charge in [-0.3, -0.25) is 9.52 Å². The van der Waals surface area contributed by atoms with Gasteiger partial charge in [-0.25, -0.2) is 8.78 Å². The fraction of sp³-hybridized carbons (Fsp3) is 0.462. The van der Waals surface area contributed by atoms with Crippen LogP contribution in [0.25, 0.3) is 0 Å². The zero-order chi connectivity index (χ0) is 27.0. The van der Waals surface area contributed by atoms with Gasteiger partial charge >= 0.3 is 0 Å². The molecule has 0 aromatic heterocycles. The Kier molecular flexibility index (Phi) is 10.9. The molecule has 0 bridgehead atoms. The topological polar surface area (TPSA) is 77.4 Å². The van der Waals surface area contributed by atoms with Crippen molar-refractivity contribution in [2.24, 2.45) is 0 Å². The van der Waals surface area contributed by atoms with Crippen molar-refractivity contribution in [2.45, 2.75) is 54.0 Å². The third kappa shape index (κ3) is 8.48. The maximum atomic E-state index is 14.1. The van der Waals surface area contributed by atoms with Crippen molar-refractivity contribution >= 4 is 46.9 Å². The zero-order valence-electron chi connectivity index (χ0n) is 21.1. The molecule has 200 valence electrons. The van der Waals surface area contributed by atoms with E-state index in [0.29, 0.717) is 51.3 Å². The summed E-state index contributed by atoms with van der Waals surface area (Å²) in [7, 11) is 3.91. The maximum Gasteiger partial charge on any atom is 0.262 e. The number of anilines is 1. The van der Waals surface area contributed by atoms with E-state index in [2.05, 4.69) is 16.1 Å². The van der Waals surface area contributed by atoms with Crippen molar-refractivity contribution in [2.75, 3.05) is 38.3 Å². The summed E-state index contributed by atoms with van der Waals surface area (Å²) in [6, 6.07) is 8.90. The van der Waals surface area contributed by atoms with Crippen molar-refractivity contribution in [1.29, 1.82) is 5.26 Å². The summed E-state index contributed by atoms with van der Waals surface area (Å²) in [5, 5.41) is 13.5. The highest BCUT2D eigenvalue weighted by Gasteiger charge is 2.36. The van der Waals surface area contributed by atoms with Crippen LogP contribution in [0.4, 0.5) is 14.5 Å². The van der Waals surface area contributed by atoms with Crippen LogP contribution in [0.2, 0.25) is 5.02 Å². The first-order valence-electron chi connectivity index (χ1n) is 12.0. The number of ether oxygens (including phenoxy) is 1. The van der Waals surface area contributed by atoms with Crippen molar-refractivity contribution in [3.05, 3.63) is 52.6 Å². The number of nitriles is 1. The van der Waals surface area contributed by atoms with Crippen molar-refractivity contribution in [1.82, 2.24) is 9.62 Å². The molecule has 0 spiro atoms. The molecule has 11 heteroatoms. The van der Waals surface area contributed by atoms with Crippen LogP contribution < -0.4 is 10.0 Å². The quantitative estimate of drug-likeness (QED) is 0.251. The molecule has 1 saturated heterocycles. The number of carbonyl (C=O) groups excluding carboxylic acids is 1. The third-order valence-electron chi connectivity index (χ3n) is 6.00. The predicted octanol–water partition coefficient (Wildman–Crippen LogP) is 6.10. The standard InChI is InChI=1S/C26H31ClF2N4O2S2/c1-26(9-4-5-11-35-26)25(34)32-37-20-12-17(15-30)24(21(27)14-20)31-19(8-10-33(2)3)16-36-23-7-6-18(28)13-22(23)29/h6-7,12-14,19,31H,4-5,8-11,16H2,1-3H3,(H,32,34). The highest BCUT2D eigenvalue weighted by molar-refractivity contribution is 7.99. The zero-order valence-corrected chi connectivity index (χ0v) is 23.5. The average molecular weight is 569 g/mol. The fourth-order valence-electron chi connectivity index (χ4n) is 3.80. The van der Waals surface area contributed by atoms with Crippen LogP contribution in [0.1, 0.15) is 38.2 Å². The molecule has 2 atom stereocenters. The lowest BCUT2D eigenvalue weighted by molar-refractivity contribution is -0.148. The molecule has 0 saturated carbocycles. The van der Waals surface area contributed by atoms with Gasteiger partial charge in [0.25, 0.3) is 5.91 Å². The minimum absolute atomic E-state index is 0.150. The Morgan fingerprint density at radius 1 is 1.30 bits per heavy atom. The van der Waals surface area contributed by atoms with Crippen molar-refractivity contribution in [3.63, 3.8) is 0 Å². The lowest BCUT2D eigenvalue weighted by atomic mass is 9.95. The van der Waals surface area contributed by atoms with E-state index in [1.165, 1.54) is 23.9 Å². The number of thioether (sulfide) groups is 1. The van der Waals surface area contributed by atoms with Crippen LogP contribution in [0.3, 0.4) is 0 Å². The number of nitrogens with one attached hydrogen (secondary N) is 2.